The second-order valence-corrected chi connectivity index (χ2v) is 12.8. The van der Waals surface area contributed by atoms with Crippen LogP contribution in [0, 0.1) is 11.8 Å². The van der Waals surface area contributed by atoms with Crippen molar-refractivity contribution in [2.75, 3.05) is 23.6 Å². The molecule has 4 N–H and O–H groups in total. The Morgan fingerprint density at radius 3 is 2.75 bits per heavy atom. The highest BCUT2D eigenvalue weighted by atomic mass is 35.5. The van der Waals surface area contributed by atoms with E-state index in [4.69, 9.17) is 21.8 Å². The third kappa shape index (κ3) is 5.34. The number of nitrogens with zero attached hydrogens (tertiary/aromatic N) is 4. The molecule has 0 aliphatic rings. The Hall–Kier alpha value is -2.35. The van der Waals surface area contributed by atoms with Crippen LogP contribution in [0.4, 0.5) is 11.8 Å². The Labute approximate surface area is 170 Å². The zero-order valence-corrected chi connectivity index (χ0v) is 18.5. The Balaban J connectivity index is 1.99. The van der Waals surface area contributed by atoms with E-state index in [1.165, 1.54) is 0 Å². The number of fused-ring (bicyclic) bond motifs is 1. The summed E-state index contributed by atoms with van der Waals surface area (Å²) in [5.41, 5.74) is 11.5. The number of hydrazine groups is 1. The molecule has 9 nitrogen and oxygen atoms in total. The molecule has 0 aromatic carbocycles. The van der Waals surface area contributed by atoms with Gasteiger partial charge in [0.25, 0.3) is 0 Å². The summed E-state index contributed by atoms with van der Waals surface area (Å²) in [7, 11) is -1.89. The molecule has 11 heteroatoms. The van der Waals surface area contributed by atoms with Crippen molar-refractivity contribution >= 4 is 48.6 Å². The minimum atomic E-state index is -1.89. The number of nitrogen functional groups attached to an aromatic ring is 1. The van der Waals surface area contributed by atoms with E-state index in [9.17, 15) is 4.79 Å². The van der Waals surface area contributed by atoms with Crippen LogP contribution in [0.25, 0.3) is 11.0 Å². The first kappa shape index (κ1) is 21.9. The molecule has 152 valence electrons. The topological polar surface area (TPSA) is 120 Å². The van der Waals surface area contributed by atoms with Crippen LogP contribution in [0.1, 0.15) is 20.8 Å². The summed E-state index contributed by atoms with van der Waals surface area (Å²) in [4.78, 5) is 20.2. The molecule has 0 spiro atoms. The first-order chi connectivity index (χ1) is 13.0. The molecule has 2 heterocycles. The fourth-order valence-corrected chi connectivity index (χ4v) is 3.03. The average Bonchev–Trinajstić information content (AvgIpc) is 2.99. The summed E-state index contributed by atoms with van der Waals surface area (Å²) in [5, 5.41) is 4.89. The minimum absolute atomic E-state index is 0.0504. The van der Waals surface area contributed by atoms with Crippen LogP contribution in [0.3, 0.4) is 0 Å². The Morgan fingerprint density at radius 2 is 2.11 bits per heavy atom. The number of alkyl halides is 1. The number of anilines is 2. The van der Waals surface area contributed by atoms with E-state index in [0.29, 0.717) is 29.3 Å². The second kappa shape index (κ2) is 8.77. The molecule has 0 aliphatic heterocycles. The molecule has 0 radical (unpaired) electrons. The van der Waals surface area contributed by atoms with Crippen LogP contribution in [0.15, 0.2) is 6.20 Å². The number of carbonyl (C=O) groups excluding carboxylic acids is 1. The first-order valence-corrected chi connectivity index (χ1v) is 12.2. The molecule has 0 aliphatic carbocycles. The van der Waals surface area contributed by atoms with Crippen molar-refractivity contribution in [2.24, 2.45) is 0 Å². The van der Waals surface area contributed by atoms with E-state index >= 15 is 0 Å². The zero-order chi connectivity index (χ0) is 20.9. The van der Waals surface area contributed by atoms with Gasteiger partial charge < -0.3 is 10.2 Å². The van der Waals surface area contributed by atoms with Crippen molar-refractivity contribution in [2.45, 2.75) is 45.4 Å². The van der Waals surface area contributed by atoms with Gasteiger partial charge in [0.1, 0.15) is 0 Å². The van der Waals surface area contributed by atoms with Crippen molar-refractivity contribution in [1.82, 2.24) is 25.2 Å². The van der Waals surface area contributed by atoms with Gasteiger partial charge in [0.05, 0.1) is 24.7 Å². The van der Waals surface area contributed by atoms with Crippen molar-refractivity contribution < 1.29 is 9.22 Å². The van der Waals surface area contributed by atoms with E-state index in [1.54, 1.807) is 10.9 Å². The van der Waals surface area contributed by atoms with Crippen LogP contribution in [0.2, 0.25) is 18.1 Å². The van der Waals surface area contributed by atoms with Gasteiger partial charge >= 0.3 is 5.91 Å². The van der Waals surface area contributed by atoms with Crippen LogP contribution in [-0.4, -0.2) is 46.5 Å². The fraction of sp³-hybridized carbons (Fsp3) is 0.529. The number of nitrogens with two attached hydrogens (primary N) is 1. The highest BCUT2D eigenvalue weighted by Gasteiger charge is 2.36. The predicted molar refractivity (Wildman–Crippen MR) is 113 cm³/mol. The van der Waals surface area contributed by atoms with Gasteiger partial charge in [0.2, 0.25) is 5.95 Å². The third-order valence-electron chi connectivity index (χ3n) is 4.62. The lowest BCUT2D eigenvalue weighted by Gasteiger charge is -2.35. The molecule has 0 unspecified atom stereocenters. The molecule has 1 amide bonds. The van der Waals surface area contributed by atoms with Gasteiger partial charge in [-0.3, -0.25) is 15.6 Å². The van der Waals surface area contributed by atoms with E-state index < -0.39 is 14.2 Å². The normalized spacial score (nSPS) is 11.8. The van der Waals surface area contributed by atoms with Gasteiger partial charge in [-0.25, -0.2) is 4.68 Å². The molecule has 0 atom stereocenters. The molecule has 0 saturated carbocycles. The largest absolute Gasteiger partial charge is 0.406 e. The smallest absolute Gasteiger partial charge is 0.314 e. The number of amides is 1. The summed E-state index contributed by atoms with van der Waals surface area (Å²) in [6.45, 7) is 11.4. The molecule has 0 saturated heterocycles. The highest BCUT2D eigenvalue weighted by molar-refractivity contribution is 6.74. The van der Waals surface area contributed by atoms with Crippen molar-refractivity contribution in [3.63, 3.8) is 0 Å². The number of nitrogens with one attached hydrogen (secondary N) is 2. The van der Waals surface area contributed by atoms with Gasteiger partial charge in [-0.05, 0) is 24.1 Å². The van der Waals surface area contributed by atoms with Crippen molar-refractivity contribution in [3.05, 3.63) is 6.20 Å². The molecular formula is C17H26ClN7O2Si. The predicted octanol–water partition coefficient (Wildman–Crippen LogP) is 2.12. The molecule has 0 fully saturated rings. The number of hydrogen-bond donors (Lipinski definition) is 3. The van der Waals surface area contributed by atoms with Crippen LogP contribution >= 0.6 is 11.6 Å². The summed E-state index contributed by atoms with van der Waals surface area (Å²) in [6.07, 6.45) is 1.58. The lowest BCUT2D eigenvalue weighted by atomic mass is 10.2. The highest BCUT2D eigenvalue weighted by Crippen LogP contribution is 2.36. The molecule has 0 bridgehead atoms. The summed E-state index contributed by atoms with van der Waals surface area (Å²) >= 11 is 5.76. The third-order valence-corrected chi connectivity index (χ3v) is 9.27. The molecule has 2 aromatic heterocycles. The van der Waals surface area contributed by atoms with Gasteiger partial charge in [0.15, 0.2) is 19.8 Å². The van der Waals surface area contributed by atoms with E-state index in [0.717, 1.165) is 0 Å². The second-order valence-electron chi connectivity index (χ2n) is 7.65. The van der Waals surface area contributed by atoms with Gasteiger partial charge in [-0.15, -0.1) is 11.6 Å². The van der Waals surface area contributed by atoms with Gasteiger partial charge in [0, 0.05) is 5.88 Å². The van der Waals surface area contributed by atoms with Crippen molar-refractivity contribution in [3.8, 4) is 11.8 Å². The molecular weight excluding hydrogens is 398 g/mol. The number of aromatic nitrogens is 4. The number of rotatable bonds is 6. The molecule has 2 aromatic rings. The molecule has 2 rings (SSSR count). The van der Waals surface area contributed by atoms with E-state index in [1.807, 2.05) is 0 Å². The first-order valence-electron chi connectivity index (χ1n) is 8.79. The maximum absolute atomic E-state index is 12.0. The van der Waals surface area contributed by atoms with E-state index in [2.05, 4.69) is 71.6 Å². The maximum atomic E-state index is 12.0. The lowest BCUT2D eigenvalue weighted by molar-refractivity contribution is -0.115. The number of aryl methyl sites for hydroxylation is 1. The Morgan fingerprint density at radius 1 is 1.39 bits per heavy atom. The average molecular weight is 424 g/mol. The number of carbonyl (C=O) groups is 1. The maximum Gasteiger partial charge on any atom is 0.314 e. The molecule has 28 heavy (non-hydrogen) atoms. The van der Waals surface area contributed by atoms with E-state index in [-0.39, 0.29) is 17.6 Å². The van der Waals surface area contributed by atoms with Crippen LogP contribution in [0.5, 0.6) is 0 Å². The van der Waals surface area contributed by atoms with Crippen LogP contribution in [-0.2, 0) is 15.8 Å². The zero-order valence-electron chi connectivity index (χ0n) is 16.8. The monoisotopic (exact) mass is 423 g/mol. The van der Waals surface area contributed by atoms with Gasteiger partial charge in [-0.1, -0.05) is 26.7 Å². The summed E-state index contributed by atoms with van der Waals surface area (Å²) in [6, 6.07) is 0. The quantitative estimate of drug-likeness (QED) is 0.281. The standard InChI is InChI=1S/C17H26ClN7O2Si/c1-17(2,3)28(4,5)27-10-6-7-13(26)23-24-14-12-11-20-25(9-8-18)15(12)22-16(19)21-14/h11H,8-10H2,1-5H3,(H,23,26)(H3,19,21,22,24). The van der Waals surface area contributed by atoms with Crippen LogP contribution < -0.4 is 16.6 Å². The number of halogens is 1. The number of hydrogen-bond acceptors (Lipinski definition) is 7. The summed E-state index contributed by atoms with van der Waals surface area (Å²) < 4.78 is 7.53. The minimum Gasteiger partial charge on any atom is -0.406 e. The Bertz CT molecular complexity index is 912. The van der Waals surface area contributed by atoms with Crippen molar-refractivity contribution in [1.29, 1.82) is 0 Å². The summed E-state index contributed by atoms with van der Waals surface area (Å²) in [5.74, 6) is 5.47. The Kier molecular flexibility index (Phi) is 6.87. The van der Waals surface area contributed by atoms with Gasteiger partial charge in [-0.2, -0.15) is 15.1 Å². The lowest BCUT2D eigenvalue weighted by Crippen LogP contribution is -2.40. The SMILES string of the molecule is CC(C)(C)[Si](C)(C)OCC#CC(=O)NNc1nc(N)nc2c1cnn2CCCl. The fourth-order valence-electron chi connectivity index (χ4n) is 2.01.